The molecule has 1 heterocycles. The molecule has 0 aliphatic heterocycles. The highest BCUT2D eigenvalue weighted by Crippen LogP contribution is 2.50. The van der Waals surface area contributed by atoms with E-state index in [1.165, 1.54) is 10.4 Å². The Bertz CT molecular complexity index is 772. The van der Waals surface area contributed by atoms with Gasteiger partial charge < -0.3 is 15.4 Å². The number of rotatable bonds is 5. The van der Waals surface area contributed by atoms with Gasteiger partial charge in [-0.1, -0.05) is 25.1 Å². The van der Waals surface area contributed by atoms with Crippen LogP contribution in [0.25, 0.3) is 0 Å². The van der Waals surface area contributed by atoms with Crippen molar-refractivity contribution in [3.05, 3.63) is 45.4 Å². The van der Waals surface area contributed by atoms with Gasteiger partial charge in [0, 0.05) is 28.9 Å². The number of ether oxygens (including phenoxy) is 1. The van der Waals surface area contributed by atoms with Gasteiger partial charge in [-0.25, -0.2) is 4.98 Å². The number of hydrogen-bond acceptors (Lipinski definition) is 4. The van der Waals surface area contributed by atoms with Crippen LogP contribution in [0.3, 0.4) is 0 Å². The summed E-state index contributed by atoms with van der Waals surface area (Å²) >= 11 is 1.73. The standard InChI is InChI=1S/C19H26N4OS.HI/c1-12-13(2)25-17(22-12)11-21-18(20-4)23-16-10-19(16,3)14-8-6-7-9-15(14)24-5;/h6-9,16H,10-11H2,1-5H3,(H2,20,21,23);1H. The molecule has 7 heteroatoms. The molecule has 2 unspecified atom stereocenters. The maximum atomic E-state index is 5.53. The zero-order chi connectivity index (χ0) is 18.0. The summed E-state index contributed by atoms with van der Waals surface area (Å²) in [6, 6.07) is 8.59. The summed E-state index contributed by atoms with van der Waals surface area (Å²) in [5.74, 6) is 1.76. The van der Waals surface area contributed by atoms with E-state index in [0.717, 1.165) is 28.8 Å². The highest BCUT2D eigenvalue weighted by atomic mass is 127. The second kappa shape index (κ2) is 8.56. The van der Waals surface area contributed by atoms with Crippen LogP contribution in [0.15, 0.2) is 29.3 Å². The molecule has 2 atom stereocenters. The number of nitrogens with zero attached hydrogens (tertiary/aromatic N) is 2. The van der Waals surface area contributed by atoms with Crippen molar-refractivity contribution in [2.24, 2.45) is 4.99 Å². The van der Waals surface area contributed by atoms with Crippen LogP contribution in [0.1, 0.15) is 34.5 Å². The summed E-state index contributed by atoms with van der Waals surface area (Å²) in [6.45, 7) is 7.11. The number of hydrogen-bond donors (Lipinski definition) is 2. The highest BCUT2D eigenvalue weighted by Gasteiger charge is 2.53. The summed E-state index contributed by atoms with van der Waals surface area (Å²) < 4.78 is 5.53. The highest BCUT2D eigenvalue weighted by molar-refractivity contribution is 14.0. The fourth-order valence-corrected chi connectivity index (χ4v) is 4.00. The Hall–Kier alpha value is -1.35. The summed E-state index contributed by atoms with van der Waals surface area (Å²) in [5.41, 5.74) is 2.42. The molecule has 1 aliphatic carbocycles. The topological polar surface area (TPSA) is 58.5 Å². The van der Waals surface area contributed by atoms with E-state index in [9.17, 15) is 0 Å². The first-order valence-electron chi connectivity index (χ1n) is 8.51. The van der Waals surface area contributed by atoms with Gasteiger partial charge in [-0.3, -0.25) is 4.99 Å². The fraction of sp³-hybridized carbons (Fsp3) is 0.474. The molecule has 1 aliphatic rings. The van der Waals surface area contributed by atoms with Crippen LogP contribution in [0.2, 0.25) is 0 Å². The summed E-state index contributed by atoms with van der Waals surface area (Å²) in [4.78, 5) is 10.2. The smallest absolute Gasteiger partial charge is 0.191 e. The van der Waals surface area contributed by atoms with Crippen molar-refractivity contribution in [2.75, 3.05) is 14.2 Å². The van der Waals surface area contributed by atoms with E-state index in [2.05, 4.69) is 46.6 Å². The third-order valence-electron chi connectivity index (χ3n) is 4.97. The van der Waals surface area contributed by atoms with E-state index in [1.54, 1.807) is 25.5 Å². The SMILES string of the molecule is CN=C(NCc1nc(C)c(C)s1)NC1CC1(C)c1ccccc1OC.I. The van der Waals surface area contributed by atoms with Gasteiger partial charge in [-0.15, -0.1) is 35.3 Å². The van der Waals surface area contributed by atoms with Crippen molar-refractivity contribution in [3.63, 3.8) is 0 Å². The lowest BCUT2D eigenvalue weighted by Crippen LogP contribution is -2.40. The molecule has 0 bridgehead atoms. The summed E-state index contributed by atoms with van der Waals surface area (Å²) in [5, 5.41) is 7.99. The molecule has 1 saturated carbocycles. The van der Waals surface area contributed by atoms with Crippen LogP contribution in [-0.2, 0) is 12.0 Å². The monoisotopic (exact) mass is 486 g/mol. The average molecular weight is 486 g/mol. The number of thiazole rings is 1. The zero-order valence-electron chi connectivity index (χ0n) is 15.9. The lowest BCUT2D eigenvalue weighted by atomic mass is 9.96. The number of methoxy groups -OCH3 is 1. The maximum Gasteiger partial charge on any atom is 0.191 e. The fourth-order valence-electron chi connectivity index (χ4n) is 3.12. The van der Waals surface area contributed by atoms with Gasteiger partial charge in [0.05, 0.1) is 19.3 Å². The Kier molecular flexibility index (Phi) is 6.90. The molecule has 2 aromatic rings. The Morgan fingerprint density at radius 1 is 1.38 bits per heavy atom. The number of para-hydroxylation sites is 1. The molecule has 142 valence electrons. The molecular formula is C19H27IN4OS. The number of benzene rings is 1. The molecule has 0 spiro atoms. The Morgan fingerprint density at radius 3 is 2.73 bits per heavy atom. The van der Waals surface area contributed by atoms with E-state index in [-0.39, 0.29) is 29.4 Å². The normalized spacial score (nSPS) is 21.7. The molecular weight excluding hydrogens is 459 g/mol. The van der Waals surface area contributed by atoms with E-state index in [4.69, 9.17) is 4.74 Å². The minimum Gasteiger partial charge on any atom is -0.496 e. The van der Waals surface area contributed by atoms with E-state index >= 15 is 0 Å². The van der Waals surface area contributed by atoms with E-state index in [0.29, 0.717) is 12.6 Å². The zero-order valence-corrected chi connectivity index (χ0v) is 19.1. The number of aliphatic imine (C=N–C) groups is 1. The van der Waals surface area contributed by atoms with Gasteiger partial charge in [0.15, 0.2) is 5.96 Å². The van der Waals surface area contributed by atoms with Crippen LogP contribution in [0, 0.1) is 13.8 Å². The lowest BCUT2D eigenvalue weighted by Gasteiger charge is -2.18. The largest absolute Gasteiger partial charge is 0.496 e. The predicted octanol–water partition coefficient (Wildman–Crippen LogP) is 3.78. The summed E-state index contributed by atoms with van der Waals surface area (Å²) in [7, 11) is 3.53. The first-order chi connectivity index (χ1) is 12.0. The molecule has 5 nitrogen and oxygen atoms in total. The molecule has 3 rings (SSSR count). The van der Waals surface area contributed by atoms with Crippen molar-refractivity contribution in [1.29, 1.82) is 0 Å². The van der Waals surface area contributed by atoms with Crippen LogP contribution in [-0.4, -0.2) is 31.1 Å². The van der Waals surface area contributed by atoms with Crippen molar-refractivity contribution in [2.45, 2.75) is 45.2 Å². The van der Waals surface area contributed by atoms with Gasteiger partial charge >= 0.3 is 0 Å². The van der Waals surface area contributed by atoms with Crippen molar-refractivity contribution < 1.29 is 4.74 Å². The second-order valence-electron chi connectivity index (χ2n) is 6.69. The molecule has 26 heavy (non-hydrogen) atoms. The number of guanidine groups is 1. The van der Waals surface area contributed by atoms with E-state index in [1.807, 2.05) is 19.1 Å². The molecule has 0 saturated heterocycles. The quantitative estimate of drug-likeness (QED) is 0.384. The Balaban J connectivity index is 0.00000243. The first-order valence-corrected chi connectivity index (χ1v) is 9.33. The number of aryl methyl sites for hydroxylation is 2. The van der Waals surface area contributed by atoms with Gasteiger partial charge in [-0.2, -0.15) is 0 Å². The number of aromatic nitrogens is 1. The second-order valence-corrected chi connectivity index (χ2v) is 7.98. The van der Waals surface area contributed by atoms with Gasteiger partial charge in [0.2, 0.25) is 0 Å². The third kappa shape index (κ3) is 4.31. The van der Waals surface area contributed by atoms with Crippen LogP contribution in [0.5, 0.6) is 5.75 Å². The van der Waals surface area contributed by atoms with Gasteiger partial charge in [0.25, 0.3) is 0 Å². The third-order valence-corrected chi connectivity index (χ3v) is 6.05. The first kappa shape index (κ1) is 21.0. The van der Waals surface area contributed by atoms with E-state index < -0.39 is 0 Å². The molecule has 1 fully saturated rings. The minimum atomic E-state index is 0. The van der Waals surface area contributed by atoms with Gasteiger partial charge in [-0.05, 0) is 26.3 Å². The number of nitrogens with one attached hydrogen (secondary N) is 2. The minimum absolute atomic E-state index is 0. The average Bonchev–Trinajstić information content (AvgIpc) is 3.16. The molecule has 1 aromatic carbocycles. The lowest BCUT2D eigenvalue weighted by molar-refractivity contribution is 0.404. The Labute approximate surface area is 176 Å². The van der Waals surface area contributed by atoms with Crippen LogP contribution < -0.4 is 15.4 Å². The Morgan fingerprint density at radius 2 is 2.12 bits per heavy atom. The van der Waals surface area contributed by atoms with Crippen LogP contribution >= 0.6 is 35.3 Å². The summed E-state index contributed by atoms with van der Waals surface area (Å²) in [6.07, 6.45) is 1.06. The molecule has 0 amide bonds. The predicted molar refractivity (Wildman–Crippen MR) is 119 cm³/mol. The molecule has 2 N–H and O–H groups in total. The van der Waals surface area contributed by atoms with Crippen LogP contribution in [0.4, 0.5) is 0 Å². The van der Waals surface area contributed by atoms with Crippen molar-refractivity contribution in [3.8, 4) is 5.75 Å². The van der Waals surface area contributed by atoms with Gasteiger partial charge in [0.1, 0.15) is 10.8 Å². The van der Waals surface area contributed by atoms with Crippen molar-refractivity contribution in [1.82, 2.24) is 15.6 Å². The van der Waals surface area contributed by atoms with Crippen molar-refractivity contribution >= 4 is 41.3 Å². The molecule has 0 radical (unpaired) electrons. The maximum absolute atomic E-state index is 5.53. The number of halogens is 1. The molecule has 1 aromatic heterocycles.